The zero-order valence-electron chi connectivity index (χ0n) is 18.8. The lowest BCUT2D eigenvalue weighted by Gasteiger charge is -2.08. The summed E-state index contributed by atoms with van der Waals surface area (Å²) in [5.74, 6) is 0. The van der Waals surface area contributed by atoms with E-state index < -0.39 is 12.5 Å². The Morgan fingerprint density at radius 2 is 1.23 bits per heavy atom. The van der Waals surface area contributed by atoms with E-state index in [4.69, 9.17) is 10.7 Å². The van der Waals surface area contributed by atoms with Gasteiger partial charge in [-0.05, 0) is 35.4 Å². The van der Waals surface area contributed by atoms with Gasteiger partial charge in [0.1, 0.15) is 0 Å². The van der Waals surface area contributed by atoms with Gasteiger partial charge in [0.15, 0.2) is 0 Å². The van der Waals surface area contributed by atoms with E-state index in [1.165, 1.54) is 0 Å². The van der Waals surface area contributed by atoms with Crippen molar-refractivity contribution in [1.29, 1.82) is 0 Å². The second kappa shape index (κ2) is 12.9. The van der Waals surface area contributed by atoms with Crippen LogP contribution in [-0.4, -0.2) is 12.1 Å². The van der Waals surface area contributed by atoms with E-state index in [0.717, 1.165) is 22.9 Å². The maximum absolute atomic E-state index is 12.3. The van der Waals surface area contributed by atoms with E-state index in [1.54, 1.807) is 48.5 Å². The molecule has 0 aliphatic carbocycles. The highest BCUT2D eigenvalue weighted by Crippen LogP contribution is 2.20. The van der Waals surface area contributed by atoms with Gasteiger partial charge in [0.05, 0.1) is 11.4 Å². The maximum Gasteiger partial charge on any atom is 0.270 e. The van der Waals surface area contributed by atoms with Gasteiger partial charge in [-0.25, -0.2) is 13.8 Å². The molecule has 0 atom stereocenters. The highest BCUT2D eigenvalue weighted by Gasteiger charge is 2.07. The summed E-state index contributed by atoms with van der Waals surface area (Å²) in [4.78, 5) is 4.73. The van der Waals surface area contributed by atoms with Crippen LogP contribution in [0.15, 0.2) is 120 Å². The SMILES string of the molecule is FC(F)=Cc1ccc(N=C(c2ccccc2)c2ccccc2)cc1.Nc1ccc(CC(F)F)cc1. The number of nitrogens with zero attached hydrogens (tertiary/aromatic N) is 1. The van der Waals surface area contributed by atoms with Gasteiger partial charge < -0.3 is 5.73 Å². The molecule has 4 rings (SSSR count). The number of alkyl halides is 2. The van der Waals surface area contributed by atoms with Gasteiger partial charge >= 0.3 is 0 Å². The molecule has 178 valence electrons. The topological polar surface area (TPSA) is 38.4 Å². The smallest absolute Gasteiger partial charge is 0.270 e. The summed E-state index contributed by atoms with van der Waals surface area (Å²) in [5.41, 5.74) is 10.6. The Morgan fingerprint density at radius 3 is 1.69 bits per heavy atom. The van der Waals surface area contributed by atoms with Crippen molar-refractivity contribution in [2.24, 2.45) is 4.99 Å². The lowest BCUT2D eigenvalue weighted by Crippen LogP contribution is -2.02. The summed E-state index contributed by atoms with van der Waals surface area (Å²) >= 11 is 0. The lowest BCUT2D eigenvalue weighted by molar-refractivity contribution is 0.149. The van der Waals surface area contributed by atoms with Crippen molar-refractivity contribution >= 4 is 23.2 Å². The van der Waals surface area contributed by atoms with Crippen LogP contribution >= 0.6 is 0 Å². The first kappa shape index (κ1) is 25.4. The van der Waals surface area contributed by atoms with Crippen molar-refractivity contribution < 1.29 is 17.6 Å². The Kier molecular flexibility index (Phi) is 9.37. The van der Waals surface area contributed by atoms with Crippen LogP contribution in [0.3, 0.4) is 0 Å². The van der Waals surface area contributed by atoms with Crippen molar-refractivity contribution in [3.8, 4) is 0 Å². The predicted molar refractivity (Wildman–Crippen MR) is 135 cm³/mol. The molecule has 0 unspecified atom stereocenters. The van der Waals surface area contributed by atoms with E-state index in [1.807, 2.05) is 60.7 Å². The van der Waals surface area contributed by atoms with Crippen LogP contribution in [0, 0.1) is 0 Å². The maximum atomic E-state index is 12.3. The fourth-order valence-corrected chi connectivity index (χ4v) is 3.22. The third kappa shape index (κ3) is 8.59. The highest BCUT2D eigenvalue weighted by molar-refractivity contribution is 6.13. The van der Waals surface area contributed by atoms with Crippen molar-refractivity contribution in [3.05, 3.63) is 138 Å². The minimum absolute atomic E-state index is 0.194. The highest BCUT2D eigenvalue weighted by atomic mass is 19.3. The quantitative estimate of drug-likeness (QED) is 0.170. The van der Waals surface area contributed by atoms with Crippen molar-refractivity contribution in [3.63, 3.8) is 0 Å². The molecule has 4 aromatic carbocycles. The number of aliphatic imine (C=N–C) groups is 1. The normalized spacial score (nSPS) is 10.2. The van der Waals surface area contributed by atoms with Gasteiger partial charge in [-0.3, -0.25) is 0 Å². The average Bonchev–Trinajstić information content (AvgIpc) is 2.86. The van der Waals surface area contributed by atoms with Gasteiger partial charge in [0, 0.05) is 29.3 Å². The van der Waals surface area contributed by atoms with Crippen LogP contribution in [0.1, 0.15) is 22.3 Å². The molecule has 2 N–H and O–H groups in total. The first-order chi connectivity index (χ1) is 16.9. The van der Waals surface area contributed by atoms with Gasteiger partial charge in [-0.15, -0.1) is 0 Å². The second-order valence-corrected chi connectivity index (χ2v) is 7.55. The van der Waals surface area contributed by atoms with Gasteiger partial charge in [0.25, 0.3) is 6.08 Å². The van der Waals surface area contributed by atoms with Gasteiger partial charge in [-0.1, -0.05) is 84.9 Å². The Hall–Kier alpha value is -4.19. The third-order valence-electron chi connectivity index (χ3n) is 4.87. The molecule has 0 spiro atoms. The number of anilines is 1. The molecule has 0 saturated heterocycles. The van der Waals surface area contributed by atoms with Crippen LogP contribution in [-0.2, 0) is 6.42 Å². The Labute approximate surface area is 202 Å². The largest absolute Gasteiger partial charge is 0.399 e. The van der Waals surface area contributed by atoms with E-state index in [-0.39, 0.29) is 6.42 Å². The zero-order valence-corrected chi connectivity index (χ0v) is 18.8. The first-order valence-electron chi connectivity index (χ1n) is 10.9. The predicted octanol–water partition coefficient (Wildman–Crippen LogP) is 8.17. The third-order valence-corrected chi connectivity index (χ3v) is 4.87. The minimum Gasteiger partial charge on any atom is -0.399 e. The van der Waals surface area contributed by atoms with Gasteiger partial charge in [0.2, 0.25) is 6.43 Å². The fourth-order valence-electron chi connectivity index (χ4n) is 3.22. The molecule has 0 amide bonds. The number of hydrogen-bond acceptors (Lipinski definition) is 2. The monoisotopic (exact) mass is 476 g/mol. The number of benzene rings is 4. The number of nitrogens with two attached hydrogens (primary N) is 1. The van der Waals surface area contributed by atoms with Gasteiger partial charge in [-0.2, -0.15) is 8.78 Å². The number of halogens is 4. The summed E-state index contributed by atoms with van der Waals surface area (Å²) in [6.07, 6.45) is -3.34. The summed E-state index contributed by atoms with van der Waals surface area (Å²) < 4.78 is 48.2. The van der Waals surface area contributed by atoms with E-state index in [9.17, 15) is 17.6 Å². The molecular weight excluding hydrogens is 452 g/mol. The van der Waals surface area contributed by atoms with E-state index >= 15 is 0 Å². The molecule has 0 radical (unpaired) electrons. The lowest BCUT2D eigenvalue weighted by atomic mass is 10.0. The second-order valence-electron chi connectivity index (χ2n) is 7.55. The van der Waals surface area contributed by atoms with Crippen molar-refractivity contribution in [1.82, 2.24) is 0 Å². The fraction of sp³-hybridized carbons (Fsp3) is 0.0690. The standard InChI is InChI=1S/C21H15F2N.C8H9F2N/c22-20(23)15-16-11-13-19(14-12-16)24-21(17-7-3-1-4-8-17)18-9-5-2-6-10-18;9-8(10)5-6-1-3-7(11)4-2-6/h1-15H;1-4,8H,5,11H2. The molecule has 0 fully saturated rings. The molecule has 35 heavy (non-hydrogen) atoms. The summed E-state index contributed by atoms with van der Waals surface area (Å²) in [6, 6.07) is 33.0. The molecule has 0 heterocycles. The molecule has 0 aliphatic rings. The Morgan fingerprint density at radius 1 is 0.714 bits per heavy atom. The average molecular weight is 477 g/mol. The van der Waals surface area contributed by atoms with E-state index in [0.29, 0.717) is 22.5 Å². The number of rotatable bonds is 6. The molecule has 2 nitrogen and oxygen atoms in total. The summed E-state index contributed by atoms with van der Waals surface area (Å²) in [6.45, 7) is 0. The molecule has 0 bridgehead atoms. The molecule has 0 aromatic heterocycles. The van der Waals surface area contributed by atoms with Crippen LogP contribution in [0.25, 0.3) is 6.08 Å². The summed E-state index contributed by atoms with van der Waals surface area (Å²) in [7, 11) is 0. The molecule has 0 aliphatic heterocycles. The zero-order chi connectivity index (χ0) is 25.0. The molecule has 6 heteroatoms. The Bertz CT molecular complexity index is 1190. The van der Waals surface area contributed by atoms with Crippen LogP contribution in [0.2, 0.25) is 0 Å². The molecule has 4 aromatic rings. The molecular formula is C29H24F4N2. The van der Waals surface area contributed by atoms with Crippen molar-refractivity contribution in [2.75, 3.05) is 5.73 Å². The van der Waals surface area contributed by atoms with E-state index in [2.05, 4.69) is 0 Å². The van der Waals surface area contributed by atoms with Crippen LogP contribution in [0.4, 0.5) is 28.9 Å². The minimum atomic E-state index is -2.28. The Balaban J connectivity index is 0.000000261. The van der Waals surface area contributed by atoms with Crippen LogP contribution in [0.5, 0.6) is 0 Å². The number of nitrogen functional groups attached to an aromatic ring is 1. The van der Waals surface area contributed by atoms with Crippen molar-refractivity contribution in [2.45, 2.75) is 12.8 Å². The summed E-state index contributed by atoms with van der Waals surface area (Å²) in [5, 5.41) is 0. The first-order valence-corrected chi connectivity index (χ1v) is 10.9. The number of hydrogen-bond donors (Lipinski definition) is 1. The van der Waals surface area contributed by atoms with Crippen LogP contribution < -0.4 is 5.73 Å². The molecule has 0 saturated carbocycles.